The fraction of sp³-hybridized carbons (Fsp3) is 0.105. The van der Waals surface area contributed by atoms with Gasteiger partial charge in [-0.15, -0.1) is 0 Å². The molecule has 0 unspecified atom stereocenters. The molecule has 2 aromatic carbocycles. The third-order valence-corrected chi connectivity index (χ3v) is 4.13. The number of H-pyrrole nitrogens is 2. The number of hydrogen-bond acceptors (Lipinski definition) is 3. The van der Waals surface area contributed by atoms with Crippen LogP contribution in [0.2, 0.25) is 0 Å². The van der Waals surface area contributed by atoms with Crippen molar-refractivity contribution in [1.82, 2.24) is 19.7 Å². The number of benzene rings is 2. The van der Waals surface area contributed by atoms with Gasteiger partial charge in [0.2, 0.25) is 0 Å². The van der Waals surface area contributed by atoms with Crippen LogP contribution in [-0.4, -0.2) is 26.0 Å². The highest BCUT2D eigenvalue weighted by molar-refractivity contribution is 5.85. The summed E-state index contributed by atoms with van der Waals surface area (Å²) < 4.78 is 14.5. The molecule has 0 atom stereocenters. The quantitative estimate of drug-likeness (QED) is 0.555. The molecule has 4 aromatic rings. The lowest BCUT2D eigenvalue weighted by Gasteiger charge is -2.00. The van der Waals surface area contributed by atoms with Gasteiger partial charge < -0.3 is 4.98 Å². The largest absolute Gasteiger partial charge is 0.342 e. The van der Waals surface area contributed by atoms with Crippen molar-refractivity contribution in [3.8, 4) is 5.69 Å². The van der Waals surface area contributed by atoms with Gasteiger partial charge in [0.15, 0.2) is 0 Å². The van der Waals surface area contributed by atoms with Gasteiger partial charge in [-0.1, -0.05) is 0 Å². The fourth-order valence-electron chi connectivity index (χ4n) is 2.83. The Labute approximate surface area is 148 Å². The highest BCUT2D eigenvalue weighted by atomic mass is 19.1. The van der Waals surface area contributed by atoms with E-state index < -0.39 is 0 Å². The number of halogens is 1. The second-order valence-electron chi connectivity index (χ2n) is 6.05. The molecule has 0 amide bonds. The second kappa shape index (κ2) is 6.11. The highest BCUT2D eigenvalue weighted by Gasteiger charge is 2.11. The average Bonchev–Trinajstić information content (AvgIpc) is 3.12. The Balaban J connectivity index is 1.70. The zero-order valence-electron chi connectivity index (χ0n) is 14.2. The van der Waals surface area contributed by atoms with Crippen LogP contribution < -0.4 is 5.56 Å². The van der Waals surface area contributed by atoms with Gasteiger partial charge in [-0.2, -0.15) is 0 Å². The van der Waals surface area contributed by atoms with Crippen molar-refractivity contribution in [3.63, 3.8) is 0 Å². The molecular formula is C19H16FN5O. The summed E-state index contributed by atoms with van der Waals surface area (Å²) in [4.78, 5) is 24.6. The molecule has 0 bridgehead atoms. The van der Waals surface area contributed by atoms with Crippen molar-refractivity contribution in [2.45, 2.75) is 13.8 Å². The standard InChI is InChI=1S/C19H16FN5O/c1-11-16(19(26)25(24-11)15-6-3-13(20)4-7-15)10-21-14-5-8-17-18(9-14)23-12(2)22-17/h3-10,24H,1-2H3,(H,22,23). The maximum atomic E-state index is 13.1. The van der Waals surface area contributed by atoms with Gasteiger partial charge >= 0.3 is 0 Å². The Kier molecular flexibility index (Phi) is 3.76. The predicted octanol–water partition coefficient (Wildman–Crippen LogP) is 3.55. The van der Waals surface area contributed by atoms with Crippen LogP contribution in [0.4, 0.5) is 10.1 Å². The van der Waals surface area contributed by atoms with Gasteiger partial charge in [-0.05, 0) is 56.3 Å². The van der Waals surface area contributed by atoms with Crippen molar-refractivity contribution < 1.29 is 4.39 Å². The van der Waals surface area contributed by atoms with E-state index in [9.17, 15) is 9.18 Å². The first-order valence-corrected chi connectivity index (χ1v) is 8.09. The molecule has 2 aromatic heterocycles. The van der Waals surface area contributed by atoms with Crippen LogP contribution in [0.15, 0.2) is 52.3 Å². The Morgan fingerprint density at radius 1 is 1.15 bits per heavy atom. The number of aryl methyl sites for hydroxylation is 2. The van der Waals surface area contributed by atoms with Crippen LogP contribution in [0.25, 0.3) is 16.7 Å². The lowest BCUT2D eigenvalue weighted by atomic mass is 10.2. The van der Waals surface area contributed by atoms with Gasteiger partial charge in [0.25, 0.3) is 5.56 Å². The first-order chi connectivity index (χ1) is 12.5. The monoisotopic (exact) mass is 349 g/mol. The molecular weight excluding hydrogens is 333 g/mol. The van der Waals surface area contributed by atoms with Crippen LogP contribution >= 0.6 is 0 Å². The van der Waals surface area contributed by atoms with Gasteiger partial charge in [0, 0.05) is 11.9 Å². The zero-order valence-corrected chi connectivity index (χ0v) is 14.2. The van der Waals surface area contributed by atoms with Gasteiger partial charge in [0.05, 0.1) is 28.0 Å². The average molecular weight is 349 g/mol. The number of aromatic amines is 2. The molecule has 0 saturated carbocycles. The second-order valence-corrected chi connectivity index (χ2v) is 6.05. The minimum atomic E-state index is -0.351. The number of aliphatic imine (C=N–C) groups is 1. The zero-order chi connectivity index (χ0) is 18.3. The van der Waals surface area contributed by atoms with Crippen molar-refractivity contribution in [2.75, 3.05) is 0 Å². The van der Waals surface area contributed by atoms with E-state index in [0.717, 1.165) is 22.5 Å². The van der Waals surface area contributed by atoms with Crippen molar-refractivity contribution >= 4 is 22.9 Å². The normalized spacial score (nSPS) is 11.7. The van der Waals surface area contributed by atoms with Crippen molar-refractivity contribution in [3.05, 3.63) is 75.7 Å². The Bertz CT molecular complexity index is 1180. The first-order valence-electron chi connectivity index (χ1n) is 8.09. The fourth-order valence-corrected chi connectivity index (χ4v) is 2.83. The Morgan fingerprint density at radius 2 is 1.92 bits per heavy atom. The molecule has 0 saturated heterocycles. The van der Waals surface area contributed by atoms with Gasteiger partial charge in [-0.3, -0.25) is 14.9 Å². The van der Waals surface area contributed by atoms with E-state index >= 15 is 0 Å². The summed E-state index contributed by atoms with van der Waals surface area (Å²) >= 11 is 0. The van der Waals surface area contributed by atoms with E-state index in [0.29, 0.717) is 16.9 Å². The van der Waals surface area contributed by atoms with E-state index in [1.807, 2.05) is 25.1 Å². The minimum Gasteiger partial charge on any atom is -0.342 e. The summed E-state index contributed by atoms with van der Waals surface area (Å²) in [5.74, 6) is 0.487. The van der Waals surface area contributed by atoms with Crippen molar-refractivity contribution in [2.24, 2.45) is 4.99 Å². The molecule has 0 spiro atoms. The first kappa shape index (κ1) is 16.0. The molecule has 0 aliphatic heterocycles. The molecule has 0 aliphatic carbocycles. The van der Waals surface area contributed by atoms with E-state index in [4.69, 9.17) is 0 Å². The van der Waals surface area contributed by atoms with Crippen LogP contribution in [-0.2, 0) is 0 Å². The lowest BCUT2D eigenvalue weighted by Crippen LogP contribution is -2.17. The van der Waals surface area contributed by atoms with E-state index in [-0.39, 0.29) is 11.4 Å². The number of hydrogen-bond donors (Lipinski definition) is 2. The summed E-state index contributed by atoms with van der Waals surface area (Å²) in [6.07, 6.45) is 1.54. The molecule has 6 nitrogen and oxygen atoms in total. The van der Waals surface area contributed by atoms with Crippen LogP contribution in [0.5, 0.6) is 0 Å². The SMILES string of the molecule is Cc1nc2ccc(N=Cc3c(C)[nH]n(-c4ccc(F)cc4)c3=O)cc2[nH]1. The van der Waals surface area contributed by atoms with E-state index in [1.165, 1.54) is 16.8 Å². The third kappa shape index (κ3) is 2.83. The number of nitrogens with one attached hydrogen (secondary N) is 2. The van der Waals surface area contributed by atoms with Gasteiger partial charge in [0.1, 0.15) is 11.6 Å². The van der Waals surface area contributed by atoms with E-state index in [1.54, 1.807) is 25.3 Å². The Hall–Kier alpha value is -3.48. The summed E-state index contributed by atoms with van der Waals surface area (Å²) in [5, 5.41) is 2.99. The number of nitrogens with zero attached hydrogens (tertiary/aromatic N) is 3. The molecule has 0 aliphatic rings. The van der Waals surface area contributed by atoms with Crippen molar-refractivity contribution in [1.29, 1.82) is 0 Å². The lowest BCUT2D eigenvalue weighted by molar-refractivity contribution is 0.627. The number of fused-ring (bicyclic) bond motifs is 1. The Morgan fingerprint density at radius 3 is 2.69 bits per heavy atom. The van der Waals surface area contributed by atoms with E-state index in [2.05, 4.69) is 20.1 Å². The minimum absolute atomic E-state index is 0.240. The molecule has 0 radical (unpaired) electrons. The molecule has 26 heavy (non-hydrogen) atoms. The molecule has 2 N–H and O–H groups in total. The van der Waals surface area contributed by atoms with Gasteiger partial charge in [-0.25, -0.2) is 14.1 Å². The molecule has 130 valence electrons. The maximum absolute atomic E-state index is 13.1. The number of imidazole rings is 1. The third-order valence-electron chi connectivity index (χ3n) is 4.13. The molecule has 0 fully saturated rings. The predicted molar refractivity (Wildman–Crippen MR) is 99.2 cm³/mol. The molecule has 4 rings (SSSR count). The maximum Gasteiger partial charge on any atom is 0.280 e. The highest BCUT2D eigenvalue weighted by Crippen LogP contribution is 2.19. The van der Waals surface area contributed by atoms with Crippen LogP contribution in [0.3, 0.4) is 0 Å². The summed E-state index contributed by atoms with van der Waals surface area (Å²) in [6, 6.07) is 11.3. The summed E-state index contributed by atoms with van der Waals surface area (Å²) in [6.45, 7) is 3.69. The topological polar surface area (TPSA) is 78.8 Å². The summed E-state index contributed by atoms with van der Waals surface area (Å²) in [7, 11) is 0. The van der Waals surface area contributed by atoms with Crippen LogP contribution in [0.1, 0.15) is 17.1 Å². The summed E-state index contributed by atoms with van der Waals surface area (Å²) in [5.41, 5.74) is 3.95. The number of rotatable bonds is 3. The number of aromatic nitrogens is 4. The molecule has 7 heteroatoms. The smallest absolute Gasteiger partial charge is 0.280 e. The molecule has 2 heterocycles. The van der Waals surface area contributed by atoms with Crippen LogP contribution in [0, 0.1) is 19.7 Å².